The van der Waals surface area contributed by atoms with E-state index in [1.165, 1.54) is 51.4 Å². The second kappa shape index (κ2) is 31.3. The number of rotatable bonds is 34. The van der Waals surface area contributed by atoms with Crippen molar-refractivity contribution in [2.24, 2.45) is 11.8 Å². The summed E-state index contributed by atoms with van der Waals surface area (Å²) in [5.41, 5.74) is 0. The van der Waals surface area contributed by atoms with Gasteiger partial charge in [0.05, 0.1) is 37.9 Å². The van der Waals surface area contributed by atoms with Gasteiger partial charge in [0.15, 0.2) is 0 Å². The van der Waals surface area contributed by atoms with Gasteiger partial charge in [-0.25, -0.2) is 0 Å². The number of carboxylic acids is 2. The predicted molar refractivity (Wildman–Crippen MR) is 177 cm³/mol. The largest absolute Gasteiger partial charge is 0.481 e. The Morgan fingerprint density at radius 3 is 1.11 bits per heavy atom. The van der Waals surface area contributed by atoms with E-state index in [2.05, 4.69) is 13.2 Å². The number of aliphatic carboxylic acids is 2. The van der Waals surface area contributed by atoms with E-state index in [0.717, 1.165) is 64.2 Å². The molecule has 2 unspecified atom stereocenters. The molecule has 0 saturated carbocycles. The van der Waals surface area contributed by atoms with Crippen molar-refractivity contribution in [3.8, 4) is 0 Å². The normalized spacial score (nSPS) is 12.3. The van der Waals surface area contributed by atoms with Crippen LogP contribution in [0.25, 0.3) is 0 Å². The van der Waals surface area contributed by atoms with E-state index in [4.69, 9.17) is 14.2 Å². The van der Waals surface area contributed by atoms with Crippen molar-refractivity contribution < 1.29 is 43.6 Å². The quantitative estimate of drug-likeness (QED) is 0.0404. The highest BCUT2D eigenvalue weighted by Crippen LogP contribution is 2.18. The van der Waals surface area contributed by atoms with E-state index >= 15 is 0 Å². The molecule has 0 aliphatic rings. The Morgan fingerprint density at radius 1 is 0.489 bits per heavy atom. The first kappa shape index (κ1) is 42.3. The van der Waals surface area contributed by atoms with Gasteiger partial charge in [0.25, 0.3) is 0 Å². The first-order valence-corrected chi connectivity index (χ1v) is 17.4. The van der Waals surface area contributed by atoms with Crippen LogP contribution in [0.2, 0.25) is 0 Å². The SMILES string of the molecule is C=CCCCCCCCCCCC(CC(=O)OCCOCCOC(=O)CC(CCCCCCCCCCC=C)C(=O)O)C(=O)O. The van der Waals surface area contributed by atoms with Crippen molar-refractivity contribution in [3.05, 3.63) is 25.3 Å². The lowest BCUT2D eigenvalue weighted by Crippen LogP contribution is -2.22. The highest BCUT2D eigenvalue weighted by Gasteiger charge is 2.22. The molecule has 0 radical (unpaired) electrons. The third kappa shape index (κ3) is 28.5. The van der Waals surface area contributed by atoms with Crippen LogP contribution in [0.1, 0.15) is 141 Å². The van der Waals surface area contributed by atoms with Crippen molar-refractivity contribution in [3.63, 3.8) is 0 Å². The molecule has 9 nitrogen and oxygen atoms in total. The molecule has 0 fully saturated rings. The number of carboxylic acid groups (broad SMARTS) is 2. The third-order valence-corrected chi connectivity index (χ3v) is 7.93. The van der Waals surface area contributed by atoms with E-state index < -0.39 is 35.7 Å². The lowest BCUT2D eigenvalue weighted by Gasteiger charge is -2.13. The highest BCUT2D eigenvalue weighted by atomic mass is 16.6. The van der Waals surface area contributed by atoms with Gasteiger partial charge in [0.2, 0.25) is 0 Å². The molecule has 0 spiro atoms. The molecule has 0 heterocycles. The van der Waals surface area contributed by atoms with Crippen molar-refractivity contribution in [2.45, 2.75) is 141 Å². The Hall–Kier alpha value is -2.68. The molecule has 2 N–H and O–H groups in total. The van der Waals surface area contributed by atoms with E-state index in [9.17, 15) is 29.4 Å². The average Bonchev–Trinajstić information content (AvgIpc) is 3.00. The maximum Gasteiger partial charge on any atom is 0.307 e. The van der Waals surface area contributed by atoms with Gasteiger partial charge in [-0.3, -0.25) is 19.2 Å². The van der Waals surface area contributed by atoms with Crippen LogP contribution < -0.4 is 0 Å². The van der Waals surface area contributed by atoms with Gasteiger partial charge in [-0.2, -0.15) is 0 Å². The molecule has 0 amide bonds. The molecule has 9 heteroatoms. The van der Waals surface area contributed by atoms with Gasteiger partial charge in [-0.15, -0.1) is 13.2 Å². The monoisotopic (exact) mass is 638 g/mol. The second-order valence-electron chi connectivity index (χ2n) is 11.9. The number of ether oxygens (including phenoxy) is 3. The Labute approximate surface area is 272 Å². The Morgan fingerprint density at radius 2 is 0.800 bits per heavy atom. The Bertz CT molecular complexity index is 731. The number of hydrogen-bond donors (Lipinski definition) is 2. The Kier molecular flexibility index (Phi) is 29.4. The molecule has 45 heavy (non-hydrogen) atoms. The number of unbranched alkanes of at least 4 members (excludes halogenated alkanes) is 16. The van der Waals surface area contributed by atoms with Gasteiger partial charge < -0.3 is 24.4 Å². The fraction of sp³-hybridized carbons (Fsp3) is 0.778. The van der Waals surface area contributed by atoms with Crippen molar-refractivity contribution in [1.29, 1.82) is 0 Å². The molecule has 0 aliphatic carbocycles. The maximum absolute atomic E-state index is 12.1. The fourth-order valence-electron chi connectivity index (χ4n) is 5.16. The Balaban J connectivity index is 3.87. The average molecular weight is 639 g/mol. The molecule has 0 rings (SSSR count). The summed E-state index contributed by atoms with van der Waals surface area (Å²) in [4.78, 5) is 47.3. The van der Waals surface area contributed by atoms with E-state index in [0.29, 0.717) is 12.8 Å². The van der Waals surface area contributed by atoms with Gasteiger partial charge in [0.1, 0.15) is 13.2 Å². The zero-order valence-electron chi connectivity index (χ0n) is 27.9. The summed E-state index contributed by atoms with van der Waals surface area (Å²) >= 11 is 0. The van der Waals surface area contributed by atoms with Gasteiger partial charge in [-0.05, 0) is 38.5 Å². The third-order valence-electron chi connectivity index (χ3n) is 7.93. The van der Waals surface area contributed by atoms with Crippen LogP contribution in [0.4, 0.5) is 0 Å². The van der Waals surface area contributed by atoms with E-state index in [1.807, 2.05) is 12.2 Å². The molecule has 2 atom stereocenters. The summed E-state index contributed by atoms with van der Waals surface area (Å²) in [6, 6.07) is 0. The van der Waals surface area contributed by atoms with Crippen molar-refractivity contribution in [2.75, 3.05) is 26.4 Å². The number of carbonyl (C=O) groups is 4. The van der Waals surface area contributed by atoms with Gasteiger partial charge in [-0.1, -0.05) is 102 Å². The fourth-order valence-corrected chi connectivity index (χ4v) is 5.16. The molecular formula is C36H62O9. The van der Waals surface area contributed by atoms with Crippen LogP contribution in [0.3, 0.4) is 0 Å². The molecule has 260 valence electrons. The molecular weight excluding hydrogens is 576 g/mol. The zero-order valence-corrected chi connectivity index (χ0v) is 27.9. The zero-order chi connectivity index (χ0) is 33.4. The summed E-state index contributed by atoms with van der Waals surface area (Å²) in [5.74, 6) is -4.63. The van der Waals surface area contributed by atoms with Crippen LogP contribution in [-0.4, -0.2) is 60.5 Å². The van der Waals surface area contributed by atoms with Crippen molar-refractivity contribution in [1.82, 2.24) is 0 Å². The molecule has 0 aliphatic heterocycles. The molecule has 0 aromatic carbocycles. The first-order chi connectivity index (χ1) is 21.8. The minimum atomic E-state index is -0.988. The standard InChI is InChI=1S/C36H62O9/c1-3-5-7-9-11-13-15-17-19-21-23-31(35(39)40)29-33(37)44-27-25-43-26-28-45-34(38)30-32(36(41)42)24-22-20-18-16-14-12-10-8-6-4-2/h3-4,31-32H,1-2,5-30H2,(H,39,40)(H,41,42). The summed E-state index contributed by atoms with van der Waals surface area (Å²) in [6.45, 7) is 7.58. The minimum absolute atomic E-state index is 0.0255. The van der Waals surface area contributed by atoms with Crippen LogP contribution in [0, 0.1) is 11.8 Å². The van der Waals surface area contributed by atoms with Crippen LogP contribution in [0.15, 0.2) is 25.3 Å². The predicted octanol–water partition coefficient (Wildman–Crippen LogP) is 8.45. The molecule has 0 bridgehead atoms. The van der Waals surface area contributed by atoms with E-state index in [1.54, 1.807) is 0 Å². The number of carbonyl (C=O) groups excluding carboxylic acids is 2. The molecule has 0 saturated heterocycles. The smallest absolute Gasteiger partial charge is 0.307 e. The van der Waals surface area contributed by atoms with E-state index in [-0.39, 0.29) is 39.3 Å². The number of allylic oxidation sites excluding steroid dienone is 2. The highest BCUT2D eigenvalue weighted by molar-refractivity contribution is 5.79. The lowest BCUT2D eigenvalue weighted by molar-refractivity contribution is -0.154. The first-order valence-electron chi connectivity index (χ1n) is 17.4. The molecule has 0 aromatic heterocycles. The van der Waals surface area contributed by atoms with Crippen LogP contribution in [0.5, 0.6) is 0 Å². The minimum Gasteiger partial charge on any atom is -0.481 e. The number of hydrogen-bond acceptors (Lipinski definition) is 7. The number of esters is 2. The summed E-state index contributed by atoms with van der Waals surface area (Å²) in [6.07, 6.45) is 24.1. The summed E-state index contributed by atoms with van der Waals surface area (Å²) in [7, 11) is 0. The summed E-state index contributed by atoms with van der Waals surface area (Å²) in [5, 5.41) is 18.9. The van der Waals surface area contributed by atoms with Gasteiger partial charge >= 0.3 is 23.9 Å². The maximum atomic E-state index is 12.1. The van der Waals surface area contributed by atoms with Crippen molar-refractivity contribution >= 4 is 23.9 Å². The van der Waals surface area contributed by atoms with Crippen LogP contribution >= 0.6 is 0 Å². The van der Waals surface area contributed by atoms with Crippen LogP contribution in [-0.2, 0) is 33.4 Å². The molecule has 0 aromatic rings. The topological polar surface area (TPSA) is 136 Å². The second-order valence-corrected chi connectivity index (χ2v) is 11.9. The summed E-state index contributed by atoms with van der Waals surface area (Å²) < 4.78 is 15.5. The lowest BCUT2D eigenvalue weighted by atomic mass is 9.97. The van der Waals surface area contributed by atoms with Gasteiger partial charge in [0, 0.05) is 0 Å².